The van der Waals surface area contributed by atoms with Crippen LogP contribution in [0.2, 0.25) is 0 Å². The van der Waals surface area contributed by atoms with Crippen molar-refractivity contribution in [3.63, 3.8) is 0 Å². The molecule has 0 saturated carbocycles. The van der Waals surface area contributed by atoms with Crippen molar-refractivity contribution >= 4 is 57.1 Å². The van der Waals surface area contributed by atoms with Crippen molar-refractivity contribution in [3.8, 4) is 0 Å². The van der Waals surface area contributed by atoms with Crippen LogP contribution in [0.3, 0.4) is 0 Å². The summed E-state index contributed by atoms with van der Waals surface area (Å²) in [5.74, 6) is -0.957. The highest BCUT2D eigenvalue weighted by molar-refractivity contribution is 8.00. The summed E-state index contributed by atoms with van der Waals surface area (Å²) in [5, 5.41) is 0. The number of carbonyl (C=O) groups excluding carboxylic acids is 4. The van der Waals surface area contributed by atoms with Gasteiger partial charge in [0.15, 0.2) is 4.80 Å². The topological polar surface area (TPSA) is 107 Å². The van der Waals surface area contributed by atoms with Gasteiger partial charge in [-0.3, -0.25) is 14.4 Å². The first kappa shape index (κ1) is 26.0. The van der Waals surface area contributed by atoms with Gasteiger partial charge in [-0.15, -0.1) is 11.8 Å². The molecule has 1 saturated heterocycles. The molecule has 1 aliphatic rings. The lowest BCUT2D eigenvalue weighted by molar-refractivity contribution is -0.143. The summed E-state index contributed by atoms with van der Waals surface area (Å²) >= 11 is 2.44. The Hall–Kier alpha value is -2.66. The van der Waals surface area contributed by atoms with Crippen molar-refractivity contribution < 1.29 is 28.7 Å². The summed E-state index contributed by atoms with van der Waals surface area (Å²) in [4.78, 5) is 55.5. The van der Waals surface area contributed by atoms with Crippen LogP contribution in [0.25, 0.3) is 10.2 Å². The molecule has 184 valence electrons. The van der Waals surface area contributed by atoms with Gasteiger partial charge in [0, 0.05) is 13.1 Å². The minimum absolute atomic E-state index is 0.0447. The van der Waals surface area contributed by atoms with Gasteiger partial charge < -0.3 is 18.9 Å². The normalized spacial score (nSPS) is 14.3. The van der Waals surface area contributed by atoms with Crippen LogP contribution >= 0.6 is 23.1 Å². The molecule has 0 radical (unpaired) electrons. The molecule has 0 spiro atoms. The van der Waals surface area contributed by atoms with E-state index in [-0.39, 0.29) is 37.2 Å². The third-order valence-electron chi connectivity index (χ3n) is 5.17. The van der Waals surface area contributed by atoms with Crippen molar-refractivity contribution in [1.82, 2.24) is 9.47 Å². The molecular formula is C23H29N3O6S2. The van der Waals surface area contributed by atoms with E-state index in [0.717, 1.165) is 32.4 Å². The smallest absolute Gasteiger partial charge is 0.338 e. The zero-order valence-electron chi connectivity index (χ0n) is 19.4. The number of piperidine rings is 1. The van der Waals surface area contributed by atoms with Crippen LogP contribution in [0.4, 0.5) is 0 Å². The fraction of sp³-hybridized carbons (Fsp3) is 0.522. The number of nitrogens with zero attached hydrogens (tertiary/aromatic N) is 3. The number of hydrogen-bond donors (Lipinski definition) is 0. The molecule has 0 aliphatic carbocycles. The van der Waals surface area contributed by atoms with Crippen molar-refractivity contribution in [2.75, 3.05) is 37.8 Å². The maximum Gasteiger partial charge on any atom is 0.338 e. The lowest BCUT2D eigenvalue weighted by atomic mass is 10.1. The summed E-state index contributed by atoms with van der Waals surface area (Å²) in [5.41, 5.74) is 1.04. The third kappa shape index (κ3) is 6.92. The largest absolute Gasteiger partial charge is 0.465 e. The standard InChI is InChI=1S/C23H29N3O6S2/c1-3-31-21(29)13-26-17-9-8-16(22(30)32-4-2)12-18(17)34-23(26)24-19(27)14-33-15-20(28)25-10-6-5-7-11-25/h8-9,12H,3-7,10-11,13-15H2,1-2H3. The molecule has 9 nitrogen and oxygen atoms in total. The van der Waals surface area contributed by atoms with Gasteiger partial charge in [-0.05, 0) is 51.3 Å². The number of benzene rings is 1. The Labute approximate surface area is 206 Å². The summed E-state index contributed by atoms with van der Waals surface area (Å²) in [6.07, 6.45) is 3.19. The van der Waals surface area contributed by atoms with E-state index in [0.29, 0.717) is 20.6 Å². The molecule has 2 aromatic rings. The van der Waals surface area contributed by atoms with Crippen LogP contribution in [0, 0.1) is 0 Å². The lowest BCUT2D eigenvalue weighted by Gasteiger charge is -2.26. The first-order chi connectivity index (χ1) is 16.4. The average molecular weight is 508 g/mol. The van der Waals surface area contributed by atoms with Gasteiger partial charge in [0.05, 0.1) is 40.5 Å². The highest BCUT2D eigenvalue weighted by Crippen LogP contribution is 2.20. The Morgan fingerprint density at radius 2 is 1.76 bits per heavy atom. The van der Waals surface area contributed by atoms with E-state index in [2.05, 4.69) is 4.99 Å². The van der Waals surface area contributed by atoms with Crippen LogP contribution in [0.1, 0.15) is 43.5 Å². The summed E-state index contributed by atoms with van der Waals surface area (Å²) in [7, 11) is 0. The van der Waals surface area contributed by atoms with E-state index in [1.807, 2.05) is 4.90 Å². The summed E-state index contributed by atoms with van der Waals surface area (Å²) in [6, 6.07) is 4.98. The number of ether oxygens (including phenoxy) is 2. The zero-order valence-corrected chi connectivity index (χ0v) is 21.0. The Morgan fingerprint density at radius 1 is 1.03 bits per heavy atom. The molecule has 0 unspecified atom stereocenters. The van der Waals surface area contributed by atoms with Crippen molar-refractivity contribution in [2.24, 2.45) is 4.99 Å². The number of thioether (sulfide) groups is 1. The molecule has 34 heavy (non-hydrogen) atoms. The molecule has 1 aromatic carbocycles. The van der Waals surface area contributed by atoms with Crippen LogP contribution < -0.4 is 4.80 Å². The molecule has 0 bridgehead atoms. The second-order valence-electron chi connectivity index (χ2n) is 7.62. The second kappa shape index (κ2) is 12.7. The number of fused-ring (bicyclic) bond motifs is 1. The molecule has 0 N–H and O–H groups in total. The number of rotatable bonds is 9. The number of likely N-dealkylation sites (tertiary alicyclic amines) is 1. The van der Waals surface area contributed by atoms with E-state index >= 15 is 0 Å². The maximum absolute atomic E-state index is 12.6. The summed E-state index contributed by atoms with van der Waals surface area (Å²) in [6.45, 7) is 5.40. The number of thiazole rings is 1. The monoisotopic (exact) mass is 507 g/mol. The second-order valence-corrected chi connectivity index (χ2v) is 9.61. The molecule has 2 heterocycles. The quantitative estimate of drug-likeness (QED) is 0.480. The zero-order chi connectivity index (χ0) is 24.5. The number of hydrogen-bond acceptors (Lipinski definition) is 8. The SMILES string of the molecule is CCOC(=O)Cn1c(=NC(=O)CSCC(=O)N2CCCCC2)sc2cc(C(=O)OCC)ccc21. The van der Waals surface area contributed by atoms with Crippen molar-refractivity contribution in [1.29, 1.82) is 0 Å². The van der Waals surface area contributed by atoms with Gasteiger partial charge in [-0.1, -0.05) is 11.3 Å². The fourth-order valence-corrected chi connectivity index (χ4v) is 5.37. The number of esters is 2. The number of amides is 2. The van der Waals surface area contributed by atoms with E-state index < -0.39 is 17.8 Å². The van der Waals surface area contributed by atoms with Crippen LogP contribution in [-0.4, -0.2) is 71.0 Å². The molecule has 1 fully saturated rings. The Kier molecular flexibility index (Phi) is 9.70. The number of aromatic nitrogens is 1. The van der Waals surface area contributed by atoms with E-state index in [9.17, 15) is 19.2 Å². The molecule has 1 aliphatic heterocycles. The first-order valence-electron chi connectivity index (χ1n) is 11.3. The van der Waals surface area contributed by atoms with Gasteiger partial charge >= 0.3 is 11.9 Å². The van der Waals surface area contributed by atoms with E-state index in [1.54, 1.807) is 36.6 Å². The Bertz CT molecular complexity index is 1120. The van der Waals surface area contributed by atoms with Crippen LogP contribution in [0.5, 0.6) is 0 Å². The lowest BCUT2D eigenvalue weighted by Crippen LogP contribution is -2.36. The highest BCUT2D eigenvalue weighted by atomic mass is 32.2. The van der Waals surface area contributed by atoms with Gasteiger partial charge in [0.25, 0.3) is 5.91 Å². The number of carbonyl (C=O) groups is 4. The molecule has 3 rings (SSSR count). The predicted molar refractivity (Wildman–Crippen MR) is 131 cm³/mol. The summed E-state index contributed by atoms with van der Waals surface area (Å²) < 4.78 is 12.4. The van der Waals surface area contributed by atoms with Gasteiger partial charge in [-0.25, -0.2) is 4.79 Å². The predicted octanol–water partition coefficient (Wildman–Crippen LogP) is 2.62. The minimum Gasteiger partial charge on any atom is -0.465 e. The van der Waals surface area contributed by atoms with Gasteiger partial charge in [-0.2, -0.15) is 4.99 Å². The third-order valence-corrected chi connectivity index (χ3v) is 7.11. The molecule has 0 atom stereocenters. The van der Waals surface area contributed by atoms with Crippen molar-refractivity contribution in [3.05, 3.63) is 28.6 Å². The minimum atomic E-state index is -0.452. The molecule has 2 amide bonds. The molecular weight excluding hydrogens is 478 g/mol. The van der Waals surface area contributed by atoms with E-state index in [4.69, 9.17) is 9.47 Å². The van der Waals surface area contributed by atoms with Crippen LogP contribution in [0.15, 0.2) is 23.2 Å². The van der Waals surface area contributed by atoms with Crippen LogP contribution in [-0.2, 0) is 30.4 Å². The Morgan fingerprint density at radius 3 is 2.47 bits per heavy atom. The highest BCUT2D eigenvalue weighted by Gasteiger charge is 2.18. The first-order valence-corrected chi connectivity index (χ1v) is 13.3. The van der Waals surface area contributed by atoms with E-state index in [1.165, 1.54) is 23.1 Å². The van der Waals surface area contributed by atoms with Gasteiger partial charge in [0.2, 0.25) is 5.91 Å². The molecule has 11 heteroatoms. The Balaban J connectivity index is 1.78. The van der Waals surface area contributed by atoms with Gasteiger partial charge in [0.1, 0.15) is 6.54 Å². The average Bonchev–Trinajstić information content (AvgIpc) is 3.15. The molecule has 1 aromatic heterocycles. The maximum atomic E-state index is 12.6. The fourth-order valence-electron chi connectivity index (χ4n) is 3.59. The van der Waals surface area contributed by atoms with Crippen molar-refractivity contribution in [2.45, 2.75) is 39.7 Å².